The molecule has 0 rings (SSSR count). The third kappa shape index (κ3) is 8.42. The summed E-state index contributed by atoms with van der Waals surface area (Å²) in [7, 11) is 0.364. The topological polar surface area (TPSA) is 55.8 Å². The van der Waals surface area contributed by atoms with Gasteiger partial charge in [-0.15, -0.1) is 0 Å². The second-order valence-corrected chi connectivity index (χ2v) is 11.2. The molecule has 0 fully saturated rings. The van der Waals surface area contributed by atoms with Crippen LogP contribution in [0.15, 0.2) is 12.2 Å². The van der Waals surface area contributed by atoms with Gasteiger partial charge in [0.25, 0.3) is 0 Å². The van der Waals surface area contributed by atoms with E-state index in [0.717, 1.165) is 6.04 Å². The number of hydrogen-bond donors (Lipinski definition) is 0. The Labute approximate surface area is 116 Å². The number of amides is 1. The highest BCUT2D eigenvalue weighted by Crippen LogP contribution is 2.08. The van der Waals surface area contributed by atoms with Gasteiger partial charge in [0.1, 0.15) is 0 Å². The van der Waals surface area contributed by atoms with Gasteiger partial charge in [-0.3, -0.25) is 0 Å². The lowest BCUT2D eigenvalue weighted by molar-refractivity contribution is -0.138. The summed E-state index contributed by atoms with van der Waals surface area (Å²) >= 11 is 0. The number of carbonyl (C=O) groups is 2. The van der Waals surface area contributed by atoms with Crippen molar-refractivity contribution < 1.29 is 19.1 Å². The normalized spacial score (nSPS) is 10.8. The molecule has 5 nitrogen and oxygen atoms in total. The predicted octanol–water partition coefficient (Wildman–Crippen LogP) is 2.51. The van der Waals surface area contributed by atoms with E-state index < -0.39 is 20.1 Å². The van der Waals surface area contributed by atoms with Crippen LogP contribution in [-0.4, -0.2) is 51.8 Å². The van der Waals surface area contributed by atoms with Crippen molar-refractivity contribution in [3.63, 3.8) is 0 Å². The van der Waals surface area contributed by atoms with Crippen LogP contribution in [0.2, 0.25) is 25.7 Å². The molecule has 0 aromatic heterocycles. The van der Waals surface area contributed by atoms with Gasteiger partial charge in [-0.25, -0.2) is 9.59 Å². The van der Waals surface area contributed by atoms with Crippen LogP contribution in [-0.2, 0) is 14.3 Å². The van der Waals surface area contributed by atoms with Crippen LogP contribution in [0.1, 0.15) is 6.92 Å². The van der Waals surface area contributed by atoms with Gasteiger partial charge >= 0.3 is 12.1 Å². The molecule has 0 N–H and O–H groups in total. The summed E-state index contributed by atoms with van der Waals surface area (Å²) in [6.45, 7) is 12.8. The molecular formula is C13H25NO4Si. The third-order valence-electron chi connectivity index (χ3n) is 2.38. The van der Waals surface area contributed by atoms with Gasteiger partial charge in [0.2, 0.25) is 0 Å². The first-order valence-electron chi connectivity index (χ1n) is 6.40. The molecule has 6 heteroatoms. The Morgan fingerprint density at radius 3 is 2.26 bits per heavy atom. The van der Waals surface area contributed by atoms with Gasteiger partial charge in [-0.1, -0.05) is 26.2 Å². The molecule has 0 aliphatic carbocycles. The maximum absolute atomic E-state index is 11.7. The van der Waals surface area contributed by atoms with E-state index in [2.05, 4.69) is 26.2 Å². The fraction of sp³-hybridized carbons (Fsp3) is 0.692. The second kappa shape index (κ2) is 7.99. The number of ether oxygens (including phenoxy) is 2. The molecule has 0 bridgehead atoms. The van der Waals surface area contributed by atoms with Crippen molar-refractivity contribution in [1.82, 2.24) is 4.90 Å². The molecule has 0 aromatic rings. The molecule has 0 spiro atoms. The molecule has 0 saturated carbocycles. The largest absolute Gasteiger partial charge is 0.463 e. The molecule has 0 radical (unpaired) electrons. The highest BCUT2D eigenvalue weighted by molar-refractivity contribution is 6.76. The van der Waals surface area contributed by atoms with E-state index in [1.165, 1.54) is 4.90 Å². The van der Waals surface area contributed by atoms with E-state index in [1.54, 1.807) is 14.0 Å². The molecule has 0 aromatic carbocycles. The predicted molar refractivity (Wildman–Crippen MR) is 77.9 cm³/mol. The summed E-state index contributed by atoms with van der Waals surface area (Å²) in [6, 6.07) is 0.922. The second-order valence-electron chi connectivity index (χ2n) is 5.61. The fourth-order valence-electron chi connectivity index (χ4n) is 1.20. The SMILES string of the molecule is C=C(CN(C)C(=O)OCC[Si](C)(C)C)C(=O)OCC. The Bertz CT molecular complexity index is 336. The van der Waals surface area contributed by atoms with Crippen molar-refractivity contribution in [2.24, 2.45) is 0 Å². The van der Waals surface area contributed by atoms with Crippen molar-refractivity contribution in [3.8, 4) is 0 Å². The van der Waals surface area contributed by atoms with Crippen LogP contribution in [0.3, 0.4) is 0 Å². The summed E-state index contributed by atoms with van der Waals surface area (Å²) in [5, 5.41) is 0. The molecule has 0 unspecified atom stereocenters. The Morgan fingerprint density at radius 2 is 1.79 bits per heavy atom. The molecule has 0 aliphatic heterocycles. The maximum atomic E-state index is 11.7. The van der Waals surface area contributed by atoms with E-state index in [9.17, 15) is 9.59 Å². The molecule has 19 heavy (non-hydrogen) atoms. The zero-order chi connectivity index (χ0) is 15.1. The summed E-state index contributed by atoms with van der Waals surface area (Å²) in [5.41, 5.74) is 0.242. The smallest absolute Gasteiger partial charge is 0.409 e. The molecule has 0 atom stereocenters. The number of rotatable bonds is 7. The van der Waals surface area contributed by atoms with E-state index in [1.807, 2.05) is 0 Å². The lowest BCUT2D eigenvalue weighted by atomic mass is 10.3. The first kappa shape index (κ1) is 17.7. The first-order valence-corrected chi connectivity index (χ1v) is 10.1. The molecule has 0 heterocycles. The van der Waals surface area contributed by atoms with Gasteiger partial charge in [0.15, 0.2) is 0 Å². The van der Waals surface area contributed by atoms with Gasteiger partial charge in [-0.05, 0) is 13.0 Å². The van der Waals surface area contributed by atoms with Crippen LogP contribution in [0.25, 0.3) is 0 Å². The first-order chi connectivity index (χ1) is 8.67. The number of carbonyl (C=O) groups excluding carboxylic acids is 2. The number of nitrogens with zero attached hydrogens (tertiary/aromatic N) is 1. The average Bonchev–Trinajstić information content (AvgIpc) is 2.27. The van der Waals surface area contributed by atoms with E-state index >= 15 is 0 Å². The Balaban J connectivity index is 4.07. The monoisotopic (exact) mass is 287 g/mol. The lowest BCUT2D eigenvalue weighted by Gasteiger charge is -2.20. The van der Waals surface area contributed by atoms with Crippen LogP contribution in [0, 0.1) is 0 Å². The number of esters is 1. The van der Waals surface area contributed by atoms with Crippen molar-refractivity contribution in [2.75, 3.05) is 26.8 Å². The Morgan fingerprint density at radius 1 is 1.21 bits per heavy atom. The minimum Gasteiger partial charge on any atom is -0.463 e. The van der Waals surface area contributed by atoms with Crippen LogP contribution in [0.5, 0.6) is 0 Å². The maximum Gasteiger partial charge on any atom is 0.409 e. The molecule has 0 aliphatic rings. The highest BCUT2D eigenvalue weighted by atomic mass is 28.3. The van der Waals surface area contributed by atoms with Crippen LogP contribution in [0.4, 0.5) is 4.79 Å². The van der Waals surface area contributed by atoms with Crippen molar-refractivity contribution in [2.45, 2.75) is 32.6 Å². The fourth-order valence-corrected chi connectivity index (χ4v) is 1.92. The Hall–Kier alpha value is -1.30. The number of hydrogen-bond acceptors (Lipinski definition) is 4. The quantitative estimate of drug-likeness (QED) is 0.410. The third-order valence-corrected chi connectivity index (χ3v) is 4.09. The Kier molecular flexibility index (Phi) is 7.44. The zero-order valence-corrected chi connectivity index (χ0v) is 13.6. The van der Waals surface area contributed by atoms with Gasteiger partial charge < -0.3 is 14.4 Å². The summed E-state index contributed by atoms with van der Waals surface area (Å²) < 4.78 is 9.95. The zero-order valence-electron chi connectivity index (χ0n) is 12.6. The van der Waals surface area contributed by atoms with E-state index in [-0.39, 0.29) is 12.1 Å². The number of likely N-dealkylation sites (N-methyl/N-ethyl adjacent to an activating group) is 1. The van der Waals surface area contributed by atoms with E-state index in [0.29, 0.717) is 13.2 Å². The van der Waals surface area contributed by atoms with Gasteiger partial charge in [-0.2, -0.15) is 0 Å². The minimum absolute atomic E-state index is 0.116. The minimum atomic E-state index is -1.21. The molecule has 0 saturated heterocycles. The summed E-state index contributed by atoms with van der Waals surface area (Å²) in [5.74, 6) is -0.482. The van der Waals surface area contributed by atoms with Crippen molar-refractivity contribution >= 4 is 20.1 Å². The van der Waals surface area contributed by atoms with Gasteiger partial charge in [0.05, 0.1) is 19.8 Å². The average molecular weight is 287 g/mol. The summed E-state index contributed by atoms with van der Waals surface area (Å²) in [4.78, 5) is 24.3. The molecule has 1 amide bonds. The highest BCUT2D eigenvalue weighted by Gasteiger charge is 2.18. The van der Waals surface area contributed by atoms with Crippen LogP contribution >= 0.6 is 0 Å². The van der Waals surface area contributed by atoms with Crippen molar-refractivity contribution in [1.29, 1.82) is 0 Å². The van der Waals surface area contributed by atoms with Crippen LogP contribution < -0.4 is 0 Å². The molecule has 110 valence electrons. The standard InChI is InChI=1S/C13H25NO4Si/c1-7-17-12(15)11(2)10-14(3)13(16)18-8-9-19(4,5)6/h2,7-10H2,1,3-6H3. The molecular weight excluding hydrogens is 262 g/mol. The summed E-state index contributed by atoms with van der Waals surface area (Å²) in [6.07, 6.45) is -0.441. The van der Waals surface area contributed by atoms with Gasteiger partial charge in [0, 0.05) is 20.7 Å². The lowest BCUT2D eigenvalue weighted by Crippen LogP contribution is -2.32. The van der Waals surface area contributed by atoms with Crippen molar-refractivity contribution in [3.05, 3.63) is 12.2 Å². The van der Waals surface area contributed by atoms with E-state index in [4.69, 9.17) is 9.47 Å².